The van der Waals surface area contributed by atoms with Crippen molar-refractivity contribution in [2.45, 2.75) is 32.1 Å². The van der Waals surface area contributed by atoms with Crippen molar-refractivity contribution in [2.24, 2.45) is 11.3 Å². The summed E-state index contributed by atoms with van der Waals surface area (Å²) in [5.74, 6) is 0.462. The monoisotopic (exact) mass is 377 g/mol. The number of piperidine rings is 1. The third-order valence-electron chi connectivity index (χ3n) is 6.01. The van der Waals surface area contributed by atoms with Gasteiger partial charge in [-0.3, -0.25) is 14.6 Å². The van der Waals surface area contributed by atoms with Crippen LogP contribution in [0.1, 0.15) is 31.2 Å². The molecule has 1 unspecified atom stereocenters. The lowest BCUT2D eigenvalue weighted by molar-refractivity contribution is -0.142. The van der Waals surface area contributed by atoms with E-state index in [0.717, 1.165) is 48.9 Å². The first kappa shape index (κ1) is 18.7. The number of pyridine rings is 1. The normalized spacial score (nSPS) is 22.0. The van der Waals surface area contributed by atoms with Gasteiger partial charge in [0.1, 0.15) is 0 Å². The molecule has 1 saturated heterocycles. The number of carbonyl (C=O) groups is 2. The molecular formula is C23H27N3O2. The molecular weight excluding hydrogens is 350 g/mol. The zero-order valence-corrected chi connectivity index (χ0v) is 16.4. The van der Waals surface area contributed by atoms with Crippen molar-refractivity contribution < 1.29 is 9.59 Å². The highest BCUT2D eigenvalue weighted by atomic mass is 16.2. The van der Waals surface area contributed by atoms with Crippen LogP contribution in [0.3, 0.4) is 0 Å². The molecule has 2 heterocycles. The highest BCUT2D eigenvalue weighted by Crippen LogP contribution is 2.38. The molecule has 2 amide bonds. The van der Waals surface area contributed by atoms with Crippen LogP contribution in [0, 0.1) is 11.3 Å². The molecule has 1 aliphatic carbocycles. The molecule has 1 aliphatic heterocycles. The van der Waals surface area contributed by atoms with E-state index in [4.69, 9.17) is 0 Å². The second-order valence-electron chi connectivity index (χ2n) is 8.11. The predicted octanol–water partition coefficient (Wildman–Crippen LogP) is 3.06. The van der Waals surface area contributed by atoms with Crippen LogP contribution in [-0.2, 0) is 16.0 Å². The van der Waals surface area contributed by atoms with Gasteiger partial charge >= 0.3 is 0 Å². The van der Waals surface area contributed by atoms with E-state index in [-0.39, 0.29) is 17.7 Å². The summed E-state index contributed by atoms with van der Waals surface area (Å²) in [4.78, 5) is 31.6. The average molecular weight is 377 g/mol. The molecule has 2 aliphatic rings. The minimum Gasteiger partial charge on any atom is -0.359 e. The molecule has 1 aromatic carbocycles. The van der Waals surface area contributed by atoms with Crippen LogP contribution in [0.4, 0.5) is 0 Å². The number of hydrogen-bond donors (Lipinski definition) is 1. The quantitative estimate of drug-likeness (QED) is 0.871. The summed E-state index contributed by atoms with van der Waals surface area (Å²) in [6.07, 6.45) is 7.89. The van der Waals surface area contributed by atoms with Crippen LogP contribution < -0.4 is 5.32 Å². The van der Waals surface area contributed by atoms with E-state index in [0.29, 0.717) is 13.0 Å². The van der Waals surface area contributed by atoms with Gasteiger partial charge < -0.3 is 10.2 Å². The fourth-order valence-electron chi connectivity index (χ4n) is 4.38. The number of likely N-dealkylation sites (tertiary alicyclic amines) is 1. The average Bonchev–Trinajstić information content (AvgIpc) is 3.59. The Morgan fingerprint density at radius 3 is 2.68 bits per heavy atom. The molecule has 1 N–H and O–H groups in total. The fourth-order valence-corrected chi connectivity index (χ4v) is 4.38. The highest BCUT2D eigenvalue weighted by Gasteiger charge is 2.45. The number of benzene rings is 1. The first-order valence-corrected chi connectivity index (χ1v) is 10.1. The number of carbonyl (C=O) groups excluding carboxylic acids is 2. The van der Waals surface area contributed by atoms with Crippen molar-refractivity contribution in [1.82, 2.24) is 15.2 Å². The maximum absolute atomic E-state index is 12.9. The van der Waals surface area contributed by atoms with Crippen LogP contribution in [0.2, 0.25) is 0 Å². The number of hydrogen-bond acceptors (Lipinski definition) is 3. The van der Waals surface area contributed by atoms with E-state index in [1.54, 1.807) is 19.4 Å². The molecule has 5 heteroatoms. The third kappa shape index (κ3) is 3.79. The summed E-state index contributed by atoms with van der Waals surface area (Å²) >= 11 is 0. The molecule has 1 atom stereocenters. The molecule has 1 aromatic heterocycles. The standard InChI is InChI=1S/C23H27N3O2/c1-24-22(28)23(10-3-13-26(16-23)21(27)19-6-7-19)15-17-4-2-5-20(14-17)18-8-11-25-12-9-18/h2,4-5,8-9,11-12,14,19H,3,6-7,10,13,15-16H2,1H3,(H,24,28). The lowest BCUT2D eigenvalue weighted by Crippen LogP contribution is -2.54. The first-order valence-electron chi connectivity index (χ1n) is 10.1. The number of aromatic nitrogens is 1. The van der Waals surface area contributed by atoms with Gasteiger partial charge in [-0.25, -0.2) is 0 Å². The van der Waals surface area contributed by atoms with Gasteiger partial charge in [0.15, 0.2) is 0 Å². The Morgan fingerprint density at radius 1 is 1.18 bits per heavy atom. The number of nitrogens with zero attached hydrogens (tertiary/aromatic N) is 2. The van der Waals surface area contributed by atoms with E-state index < -0.39 is 5.41 Å². The van der Waals surface area contributed by atoms with E-state index in [1.807, 2.05) is 23.1 Å². The fraction of sp³-hybridized carbons (Fsp3) is 0.435. The Balaban J connectivity index is 1.60. The first-order chi connectivity index (χ1) is 13.6. The summed E-state index contributed by atoms with van der Waals surface area (Å²) in [5, 5.41) is 2.86. The van der Waals surface area contributed by atoms with E-state index >= 15 is 0 Å². The molecule has 4 rings (SSSR count). The van der Waals surface area contributed by atoms with Crippen molar-refractivity contribution in [3.63, 3.8) is 0 Å². The van der Waals surface area contributed by atoms with Crippen LogP contribution in [-0.4, -0.2) is 41.8 Å². The smallest absolute Gasteiger partial charge is 0.228 e. The van der Waals surface area contributed by atoms with E-state index in [9.17, 15) is 9.59 Å². The van der Waals surface area contributed by atoms with Gasteiger partial charge in [-0.05, 0) is 60.9 Å². The molecule has 0 spiro atoms. The van der Waals surface area contributed by atoms with Crippen LogP contribution in [0.5, 0.6) is 0 Å². The van der Waals surface area contributed by atoms with Gasteiger partial charge in [-0.1, -0.05) is 24.3 Å². The van der Waals surface area contributed by atoms with Gasteiger partial charge in [-0.15, -0.1) is 0 Å². The summed E-state index contributed by atoms with van der Waals surface area (Å²) in [7, 11) is 1.69. The summed E-state index contributed by atoms with van der Waals surface area (Å²) < 4.78 is 0. The number of rotatable bonds is 5. The summed E-state index contributed by atoms with van der Waals surface area (Å²) in [6, 6.07) is 12.3. The Kier molecular flexibility index (Phi) is 5.16. The van der Waals surface area contributed by atoms with Crippen molar-refractivity contribution in [1.29, 1.82) is 0 Å². The topological polar surface area (TPSA) is 62.3 Å². The molecule has 28 heavy (non-hydrogen) atoms. The van der Waals surface area contributed by atoms with E-state index in [1.165, 1.54) is 0 Å². The molecule has 2 aromatic rings. The second-order valence-corrected chi connectivity index (χ2v) is 8.11. The van der Waals surface area contributed by atoms with Crippen LogP contribution in [0.15, 0.2) is 48.8 Å². The molecule has 146 valence electrons. The molecule has 2 fully saturated rings. The zero-order chi connectivity index (χ0) is 19.6. The minimum atomic E-state index is -0.561. The summed E-state index contributed by atoms with van der Waals surface area (Å²) in [5.41, 5.74) is 2.79. The minimum absolute atomic E-state index is 0.0371. The largest absolute Gasteiger partial charge is 0.359 e. The van der Waals surface area contributed by atoms with Crippen molar-refractivity contribution in [2.75, 3.05) is 20.1 Å². The Bertz CT molecular complexity index is 863. The molecule has 5 nitrogen and oxygen atoms in total. The van der Waals surface area contributed by atoms with Crippen molar-refractivity contribution in [3.8, 4) is 11.1 Å². The predicted molar refractivity (Wildman–Crippen MR) is 108 cm³/mol. The van der Waals surface area contributed by atoms with Gasteiger partial charge in [0.25, 0.3) is 0 Å². The van der Waals surface area contributed by atoms with Gasteiger partial charge in [0, 0.05) is 38.4 Å². The third-order valence-corrected chi connectivity index (χ3v) is 6.01. The highest BCUT2D eigenvalue weighted by molar-refractivity contribution is 5.86. The van der Waals surface area contributed by atoms with Gasteiger partial charge in [0.2, 0.25) is 11.8 Å². The van der Waals surface area contributed by atoms with Crippen LogP contribution in [0.25, 0.3) is 11.1 Å². The Hall–Kier alpha value is -2.69. The van der Waals surface area contributed by atoms with Crippen molar-refractivity contribution >= 4 is 11.8 Å². The summed E-state index contributed by atoms with van der Waals surface area (Å²) in [6.45, 7) is 1.28. The van der Waals surface area contributed by atoms with Gasteiger partial charge in [-0.2, -0.15) is 0 Å². The molecule has 1 saturated carbocycles. The SMILES string of the molecule is CNC(=O)C1(Cc2cccc(-c3ccncc3)c2)CCCN(C(=O)C2CC2)C1. The number of amides is 2. The number of nitrogens with one attached hydrogen (secondary N) is 1. The molecule has 0 radical (unpaired) electrons. The lowest BCUT2D eigenvalue weighted by atomic mass is 9.74. The van der Waals surface area contributed by atoms with Crippen LogP contribution >= 0.6 is 0 Å². The van der Waals surface area contributed by atoms with Gasteiger partial charge in [0.05, 0.1) is 5.41 Å². The molecule has 0 bridgehead atoms. The second kappa shape index (κ2) is 7.74. The Morgan fingerprint density at radius 2 is 1.96 bits per heavy atom. The maximum atomic E-state index is 12.9. The zero-order valence-electron chi connectivity index (χ0n) is 16.4. The van der Waals surface area contributed by atoms with Crippen molar-refractivity contribution in [3.05, 3.63) is 54.4 Å². The lowest BCUT2D eigenvalue weighted by Gasteiger charge is -2.42. The Labute approximate surface area is 166 Å². The van der Waals surface area contributed by atoms with E-state index in [2.05, 4.69) is 28.5 Å². The maximum Gasteiger partial charge on any atom is 0.228 e.